The summed E-state index contributed by atoms with van der Waals surface area (Å²) in [5.41, 5.74) is 0.427. The Balaban J connectivity index is 1.85. The van der Waals surface area contributed by atoms with E-state index < -0.39 is 49.4 Å². The van der Waals surface area contributed by atoms with E-state index in [4.69, 9.17) is 27.9 Å². The first-order chi connectivity index (χ1) is 17.3. The van der Waals surface area contributed by atoms with Crippen LogP contribution in [0.2, 0.25) is 10.0 Å². The highest BCUT2D eigenvalue weighted by Gasteiger charge is 2.46. The molecule has 0 aromatic heterocycles. The highest BCUT2D eigenvalue weighted by Crippen LogP contribution is 2.40. The van der Waals surface area contributed by atoms with E-state index in [2.05, 4.69) is 10.1 Å². The molecule has 0 saturated heterocycles. The number of aliphatic hydroxyl groups excluding tert-OH is 1. The number of rotatable bonds is 10. The Morgan fingerprint density at radius 3 is 2.41 bits per heavy atom. The summed E-state index contributed by atoms with van der Waals surface area (Å²) in [5.74, 6) is -0.0842. The van der Waals surface area contributed by atoms with Crippen molar-refractivity contribution in [3.8, 4) is 11.5 Å². The van der Waals surface area contributed by atoms with Gasteiger partial charge >= 0.3 is 18.7 Å². The van der Waals surface area contributed by atoms with Crippen LogP contribution in [0.4, 0.5) is 30.7 Å². The number of benzene rings is 2. The summed E-state index contributed by atoms with van der Waals surface area (Å²) in [5, 5.41) is 12.6. The predicted molar refractivity (Wildman–Crippen MR) is 124 cm³/mol. The molecule has 4 nitrogen and oxygen atoms in total. The minimum atomic E-state index is -4.89. The van der Waals surface area contributed by atoms with Crippen molar-refractivity contribution >= 4 is 23.2 Å². The molecule has 1 aliphatic rings. The third-order valence-corrected chi connectivity index (χ3v) is 6.79. The quantitative estimate of drug-likeness (QED) is 0.283. The fourth-order valence-electron chi connectivity index (χ4n) is 4.24. The second-order valence-electron chi connectivity index (χ2n) is 8.70. The molecule has 0 amide bonds. The molecule has 37 heavy (non-hydrogen) atoms. The van der Waals surface area contributed by atoms with Gasteiger partial charge < -0.3 is 19.9 Å². The van der Waals surface area contributed by atoms with Gasteiger partial charge in [0.1, 0.15) is 16.5 Å². The molecule has 1 fully saturated rings. The summed E-state index contributed by atoms with van der Waals surface area (Å²) in [4.78, 5) is 0. The van der Waals surface area contributed by atoms with Crippen molar-refractivity contribution in [3.05, 3.63) is 58.1 Å². The van der Waals surface area contributed by atoms with Crippen molar-refractivity contribution < 1.29 is 45.3 Å². The molecule has 3 rings (SSSR count). The van der Waals surface area contributed by atoms with E-state index in [9.17, 15) is 35.8 Å². The van der Waals surface area contributed by atoms with Crippen LogP contribution < -0.4 is 10.1 Å². The van der Waals surface area contributed by atoms with E-state index >= 15 is 0 Å². The summed E-state index contributed by atoms with van der Waals surface area (Å²) in [6.07, 6.45) is -16.8. The van der Waals surface area contributed by atoms with Gasteiger partial charge in [0.05, 0.1) is 11.1 Å². The van der Waals surface area contributed by atoms with Gasteiger partial charge in [-0.1, -0.05) is 47.8 Å². The zero-order valence-corrected chi connectivity index (χ0v) is 20.6. The number of halogens is 9. The van der Waals surface area contributed by atoms with E-state index in [-0.39, 0.29) is 34.4 Å². The zero-order valence-electron chi connectivity index (χ0n) is 19.1. The Labute approximate surface area is 218 Å². The molecule has 1 saturated carbocycles. The topological polar surface area (TPSA) is 50.7 Å². The monoisotopic (exact) mass is 577 g/mol. The summed E-state index contributed by atoms with van der Waals surface area (Å²) in [6.45, 7) is -0.880. The number of nitrogens with one attached hydrogen (secondary N) is 1. The van der Waals surface area contributed by atoms with Gasteiger partial charge in [0.25, 0.3) is 0 Å². The van der Waals surface area contributed by atoms with Gasteiger partial charge in [0.15, 0.2) is 6.10 Å². The first kappa shape index (κ1) is 29.8. The number of ether oxygens (including phenoxy) is 2. The van der Waals surface area contributed by atoms with E-state index in [1.165, 1.54) is 6.07 Å². The van der Waals surface area contributed by atoms with Crippen LogP contribution in [0.1, 0.15) is 37.3 Å². The second-order valence-corrected chi connectivity index (χ2v) is 9.48. The first-order valence-corrected chi connectivity index (χ1v) is 12.1. The van der Waals surface area contributed by atoms with Gasteiger partial charge in [-0.2, -0.15) is 22.0 Å². The molecule has 2 aromatic carbocycles. The summed E-state index contributed by atoms with van der Waals surface area (Å²) in [6, 6.07) is 10.1. The maximum Gasteiger partial charge on any atom is 0.416 e. The molecule has 0 spiro atoms. The Morgan fingerprint density at radius 2 is 1.73 bits per heavy atom. The Hall–Kier alpha value is -1.79. The fourth-order valence-corrected chi connectivity index (χ4v) is 4.57. The van der Waals surface area contributed by atoms with Gasteiger partial charge in [-0.15, -0.1) is 0 Å². The molecule has 0 bridgehead atoms. The second kappa shape index (κ2) is 12.4. The van der Waals surface area contributed by atoms with Gasteiger partial charge in [0, 0.05) is 12.6 Å². The zero-order chi connectivity index (χ0) is 27.4. The average Bonchev–Trinajstić information content (AvgIpc) is 2.81. The molecule has 4 atom stereocenters. The van der Waals surface area contributed by atoms with Crippen LogP contribution in [-0.4, -0.2) is 42.6 Å². The SMILES string of the molecule is OC(CNC(c1cccc(Oc2cccc(Cl)c2Cl)c1)C1CCCC(OC(F)(F)C(F)F)C1)C(F)(F)F. The molecule has 206 valence electrons. The first-order valence-electron chi connectivity index (χ1n) is 11.3. The van der Waals surface area contributed by atoms with Crippen LogP contribution in [-0.2, 0) is 4.74 Å². The van der Waals surface area contributed by atoms with Crippen LogP contribution in [0.5, 0.6) is 11.5 Å². The molecule has 4 unspecified atom stereocenters. The molecule has 1 aliphatic carbocycles. The van der Waals surface area contributed by atoms with Crippen molar-refractivity contribution in [2.45, 2.75) is 62.6 Å². The highest BCUT2D eigenvalue weighted by molar-refractivity contribution is 6.42. The molecule has 0 radical (unpaired) electrons. The average molecular weight is 578 g/mol. The van der Waals surface area contributed by atoms with Crippen molar-refractivity contribution in [2.75, 3.05) is 6.54 Å². The summed E-state index contributed by atoms with van der Waals surface area (Å²) < 4.78 is 101. The lowest BCUT2D eigenvalue weighted by molar-refractivity contribution is -0.322. The molecule has 13 heteroatoms. The largest absolute Gasteiger partial charge is 0.456 e. The third-order valence-electron chi connectivity index (χ3n) is 5.99. The Kier molecular flexibility index (Phi) is 9.96. The summed E-state index contributed by atoms with van der Waals surface area (Å²) >= 11 is 12.2. The number of hydrogen-bond acceptors (Lipinski definition) is 4. The Morgan fingerprint density at radius 1 is 1.03 bits per heavy atom. The fraction of sp³-hybridized carbons (Fsp3) is 0.500. The maximum absolute atomic E-state index is 13.5. The third kappa shape index (κ3) is 8.10. The summed E-state index contributed by atoms with van der Waals surface area (Å²) in [7, 11) is 0. The number of hydrogen-bond donors (Lipinski definition) is 2. The maximum atomic E-state index is 13.5. The van der Waals surface area contributed by atoms with E-state index in [0.29, 0.717) is 18.4 Å². The lowest BCUT2D eigenvalue weighted by atomic mass is 9.79. The van der Waals surface area contributed by atoms with Gasteiger partial charge in [-0.05, 0) is 55.0 Å². The Bertz CT molecular complexity index is 1040. The molecular weight excluding hydrogens is 554 g/mol. The van der Waals surface area contributed by atoms with Crippen molar-refractivity contribution in [1.29, 1.82) is 0 Å². The van der Waals surface area contributed by atoms with Gasteiger partial charge in [0.2, 0.25) is 0 Å². The minimum Gasteiger partial charge on any atom is -0.456 e. The van der Waals surface area contributed by atoms with Crippen LogP contribution in [0.15, 0.2) is 42.5 Å². The highest BCUT2D eigenvalue weighted by atomic mass is 35.5. The van der Waals surface area contributed by atoms with Crippen LogP contribution in [0.3, 0.4) is 0 Å². The number of alkyl halides is 7. The lowest BCUT2D eigenvalue weighted by Crippen LogP contribution is -2.43. The van der Waals surface area contributed by atoms with E-state index in [0.717, 1.165) is 0 Å². The smallest absolute Gasteiger partial charge is 0.416 e. The molecule has 2 aromatic rings. The van der Waals surface area contributed by atoms with Crippen LogP contribution >= 0.6 is 23.2 Å². The van der Waals surface area contributed by atoms with E-state index in [1.807, 2.05) is 0 Å². The normalized spacial score (nSPS) is 20.6. The molecular formula is C24H24Cl2F7NO3. The van der Waals surface area contributed by atoms with E-state index in [1.54, 1.807) is 36.4 Å². The van der Waals surface area contributed by atoms with Gasteiger partial charge in [-0.25, -0.2) is 8.78 Å². The van der Waals surface area contributed by atoms with Crippen molar-refractivity contribution in [2.24, 2.45) is 5.92 Å². The van der Waals surface area contributed by atoms with Crippen LogP contribution in [0.25, 0.3) is 0 Å². The van der Waals surface area contributed by atoms with Crippen molar-refractivity contribution in [3.63, 3.8) is 0 Å². The predicted octanol–water partition coefficient (Wildman–Crippen LogP) is 7.77. The molecule has 2 N–H and O–H groups in total. The number of aliphatic hydroxyl groups is 1. The molecule has 0 aliphatic heterocycles. The van der Waals surface area contributed by atoms with Gasteiger partial charge in [-0.3, -0.25) is 0 Å². The van der Waals surface area contributed by atoms with Crippen molar-refractivity contribution in [1.82, 2.24) is 5.32 Å². The standard InChI is InChI=1S/C24H24Cl2F7NO3/c25-17-8-3-9-18(20(17)26)36-15-6-1-4-13(10-15)21(34-12-19(35)23(29,30)31)14-5-2-7-16(11-14)37-24(32,33)22(27)28/h1,3-4,6,8-10,14,16,19,21-22,34-35H,2,5,7,11-12H2. The molecule has 0 heterocycles. The lowest BCUT2D eigenvalue weighted by Gasteiger charge is -2.37. The van der Waals surface area contributed by atoms with Crippen LogP contribution in [0, 0.1) is 5.92 Å². The minimum absolute atomic E-state index is 0.0904.